The third kappa shape index (κ3) is 9.15. The SMILES string of the molecule is Brc1ccccc1C1CC1.[Cl][Bi]([Cl])([c]1ccccc1)([c]1ccccc1)[c]1ccccc1C1CC1.c1cc[c]([Bi]([c]2ccccc2)[c]2ccccc2C2CC2)cc1. The van der Waals surface area contributed by atoms with Crippen molar-refractivity contribution in [2.45, 2.75) is 56.3 Å². The molecule has 0 unspecified atom stereocenters. The van der Waals surface area contributed by atoms with Crippen LogP contribution in [0.2, 0.25) is 0 Å². The van der Waals surface area contributed by atoms with E-state index in [0.29, 0.717) is 5.92 Å². The van der Waals surface area contributed by atoms with Crippen LogP contribution in [0.1, 0.15) is 73.0 Å². The van der Waals surface area contributed by atoms with E-state index in [9.17, 15) is 0 Å². The summed E-state index contributed by atoms with van der Waals surface area (Å²) in [6.45, 7) is 0. The van der Waals surface area contributed by atoms with Crippen molar-refractivity contribution in [2.75, 3.05) is 0 Å². The molecule has 3 aliphatic rings. The molecule has 7 aromatic rings. The Morgan fingerprint density at radius 3 is 1.23 bits per heavy atom. The molecule has 56 heavy (non-hydrogen) atoms. The maximum atomic E-state index is 7.63. The summed E-state index contributed by atoms with van der Waals surface area (Å²) in [6.07, 6.45) is 7.97. The fourth-order valence-electron chi connectivity index (χ4n) is 7.60. The molecule has 7 aromatic carbocycles. The Morgan fingerprint density at radius 1 is 0.393 bits per heavy atom. The van der Waals surface area contributed by atoms with Crippen LogP contribution in [0.15, 0.2) is 199 Å². The van der Waals surface area contributed by atoms with Gasteiger partial charge < -0.3 is 0 Å². The van der Waals surface area contributed by atoms with E-state index in [2.05, 4.69) is 174 Å². The molecule has 0 spiro atoms. The van der Waals surface area contributed by atoms with Gasteiger partial charge in [0.15, 0.2) is 0 Å². The van der Waals surface area contributed by atoms with Crippen LogP contribution in [0.4, 0.5) is 0 Å². The Kier molecular flexibility index (Phi) is 13.0. The van der Waals surface area contributed by atoms with E-state index in [1.807, 2.05) is 36.4 Å². The number of benzene rings is 7. The van der Waals surface area contributed by atoms with Gasteiger partial charge in [0.1, 0.15) is 0 Å². The van der Waals surface area contributed by atoms with E-state index in [-0.39, 0.29) is 0 Å². The molecule has 10 rings (SSSR count). The van der Waals surface area contributed by atoms with Gasteiger partial charge in [0, 0.05) is 4.47 Å². The van der Waals surface area contributed by atoms with Gasteiger partial charge in [0.05, 0.1) is 0 Å². The first kappa shape index (κ1) is 40.2. The van der Waals surface area contributed by atoms with Crippen LogP contribution in [-0.4, -0.2) is 38.1 Å². The summed E-state index contributed by atoms with van der Waals surface area (Å²) in [6, 6.07) is 69.3. The van der Waals surface area contributed by atoms with Gasteiger partial charge in [-0.05, 0) is 30.4 Å². The van der Waals surface area contributed by atoms with E-state index < -0.39 is 38.1 Å². The van der Waals surface area contributed by atoms with E-state index in [0.717, 1.165) is 18.4 Å². The summed E-state index contributed by atoms with van der Waals surface area (Å²) in [5.41, 5.74) is 4.47. The van der Waals surface area contributed by atoms with Gasteiger partial charge in [0.2, 0.25) is 0 Å². The van der Waals surface area contributed by atoms with Crippen LogP contribution < -0.4 is 19.6 Å². The Hall–Kier alpha value is -2.63. The van der Waals surface area contributed by atoms with Gasteiger partial charge in [-0.3, -0.25) is 0 Å². The fraction of sp³-hybridized carbons (Fsp3) is 0.176. The van der Waals surface area contributed by atoms with Gasteiger partial charge in [-0.15, -0.1) is 0 Å². The maximum absolute atomic E-state index is 7.63. The molecule has 3 aliphatic carbocycles. The second-order valence-corrected chi connectivity index (χ2v) is 50.7. The molecule has 282 valence electrons. The van der Waals surface area contributed by atoms with Gasteiger partial charge in [0.25, 0.3) is 0 Å². The van der Waals surface area contributed by atoms with Gasteiger partial charge in [-0.1, -0.05) is 34.1 Å². The van der Waals surface area contributed by atoms with Crippen molar-refractivity contribution in [3.05, 3.63) is 215 Å². The minimum atomic E-state index is -4.69. The summed E-state index contributed by atoms with van der Waals surface area (Å²) in [7, 11) is 15.3. The summed E-state index contributed by atoms with van der Waals surface area (Å²) in [5, 5.41) is 0. The summed E-state index contributed by atoms with van der Waals surface area (Å²) < 4.78 is 9.48. The van der Waals surface area contributed by atoms with E-state index in [4.69, 9.17) is 17.0 Å². The van der Waals surface area contributed by atoms with Crippen molar-refractivity contribution in [1.82, 2.24) is 0 Å². The monoisotopic (exact) mass is 1230 g/mol. The third-order valence-corrected chi connectivity index (χ3v) is 45.7. The number of hydrogen-bond donors (Lipinski definition) is 0. The molecule has 0 atom stereocenters. The molecular formula is C51H47Bi2BrCl2. The Labute approximate surface area is 358 Å². The third-order valence-electron chi connectivity index (χ3n) is 10.9. The predicted molar refractivity (Wildman–Crippen MR) is 250 cm³/mol. The molecule has 3 fully saturated rings. The molecule has 0 aliphatic heterocycles. The average Bonchev–Trinajstić information content (AvgIpc) is 4.09. The van der Waals surface area contributed by atoms with Crippen LogP contribution in [-0.2, 0) is 0 Å². The fourth-order valence-corrected chi connectivity index (χ4v) is 37.6. The topological polar surface area (TPSA) is 0 Å². The van der Waals surface area contributed by atoms with E-state index >= 15 is 0 Å². The van der Waals surface area contributed by atoms with Crippen molar-refractivity contribution in [3.8, 4) is 0 Å². The van der Waals surface area contributed by atoms with Crippen LogP contribution in [0, 0.1) is 0 Å². The first-order valence-corrected chi connectivity index (χ1v) is 39.6. The normalized spacial score (nSPS) is 15.7. The van der Waals surface area contributed by atoms with Crippen LogP contribution in [0.5, 0.6) is 0 Å². The van der Waals surface area contributed by atoms with Gasteiger partial charge >= 0.3 is 293 Å². The summed E-state index contributed by atoms with van der Waals surface area (Å²) >= 11 is -3.31. The molecule has 0 nitrogen and oxygen atoms in total. The van der Waals surface area contributed by atoms with Crippen LogP contribution in [0.3, 0.4) is 0 Å². The molecule has 0 N–H and O–H groups in total. The van der Waals surface area contributed by atoms with Crippen LogP contribution in [0.25, 0.3) is 0 Å². The zero-order chi connectivity index (χ0) is 38.4. The molecule has 5 heteroatoms. The number of halogens is 3. The van der Waals surface area contributed by atoms with Crippen molar-refractivity contribution in [1.29, 1.82) is 0 Å². The second-order valence-electron chi connectivity index (χ2n) is 15.0. The average molecular weight is 1230 g/mol. The first-order valence-electron chi connectivity index (χ1n) is 19.8. The quantitative estimate of drug-likeness (QED) is 0.126. The van der Waals surface area contributed by atoms with E-state index in [1.54, 1.807) is 15.4 Å². The van der Waals surface area contributed by atoms with Gasteiger partial charge in [-0.2, -0.15) is 0 Å². The molecule has 0 amide bonds. The molecule has 0 bridgehead atoms. The number of rotatable bonds is 9. The van der Waals surface area contributed by atoms with Gasteiger partial charge in [-0.25, -0.2) is 0 Å². The summed E-state index contributed by atoms with van der Waals surface area (Å²) in [5.74, 6) is 2.29. The predicted octanol–water partition coefficient (Wildman–Crippen LogP) is 10.9. The molecule has 0 radical (unpaired) electrons. The van der Waals surface area contributed by atoms with Crippen molar-refractivity contribution in [3.63, 3.8) is 0 Å². The Morgan fingerprint density at radius 2 is 0.750 bits per heavy atom. The van der Waals surface area contributed by atoms with Crippen LogP contribution >= 0.6 is 33.0 Å². The van der Waals surface area contributed by atoms with Crippen molar-refractivity contribution >= 4 is 90.7 Å². The van der Waals surface area contributed by atoms with Crippen molar-refractivity contribution in [2.24, 2.45) is 0 Å². The second kappa shape index (κ2) is 18.1. The van der Waals surface area contributed by atoms with E-state index in [1.165, 1.54) is 57.4 Å². The Balaban J connectivity index is 0.000000127. The number of hydrogen-bond acceptors (Lipinski definition) is 0. The Bertz CT molecular complexity index is 2260. The molecular weight excluding hydrogens is 1180 g/mol. The first-order chi connectivity index (χ1) is 27.4. The molecule has 3 saturated carbocycles. The molecule has 0 saturated heterocycles. The summed E-state index contributed by atoms with van der Waals surface area (Å²) in [4.78, 5) is 0. The molecule has 0 heterocycles. The molecule has 0 aromatic heterocycles. The zero-order valence-corrected chi connectivity index (χ0v) is 41.5. The standard InChI is InChI=1S/C9H9Br.2C9H9.4C6H5.2Bi.2ClH/c10-9-4-2-1-3-8(9)7-5-6-7;2*1-2-4-8(5-3-1)9-6-7-9;4*1-2-4-6-5-3-1;;;;/h1-4,7H,5-6H2;2*1-4,9H,6-7H2;4*1-5H;;;2*1H/q;;;;;;;;+2;;/p-2. The minimum absolute atomic E-state index is 0.611. The zero-order valence-electron chi connectivity index (χ0n) is 31.5. The van der Waals surface area contributed by atoms with Crippen molar-refractivity contribution < 1.29 is 0 Å².